The molecule has 0 amide bonds. The molecular weight excluding hydrogens is 392 g/mol. The van der Waals surface area contributed by atoms with E-state index in [2.05, 4.69) is 48.1 Å². The SMILES string of the molecule is C=C(C)[C@@H]1CC[C@]2(C=O)CC[C@]3(C)[C@H](CC[C@@H]4[C@@]5(C)CCC(=O)C(C)(C)[C@H]5CC[C@]43C)[C@H]12. The van der Waals surface area contributed by atoms with E-state index in [1.807, 2.05) is 0 Å². The molecule has 5 aliphatic carbocycles. The van der Waals surface area contributed by atoms with Crippen molar-refractivity contribution in [2.75, 3.05) is 0 Å². The van der Waals surface area contributed by atoms with E-state index in [0.717, 1.165) is 32.1 Å². The summed E-state index contributed by atoms with van der Waals surface area (Å²) in [5, 5.41) is 0. The minimum absolute atomic E-state index is 0.0999. The van der Waals surface area contributed by atoms with Gasteiger partial charge < -0.3 is 4.79 Å². The lowest BCUT2D eigenvalue weighted by Gasteiger charge is -2.72. The quantitative estimate of drug-likeness (QED) is 0.332. The fraction of sp³-hybridized carbons (Fsp3) is 0.867. The smallest absolute Gasteiger partial charge is 0.138 e. The number of allylic oxidation sites excluding steroid dienone is 1. The number of rotatable bonds is 2. The second-order valence-corrected chi connectivity index (χ2v) is 14.2. The number of fused-ring (bicyclic) bond motifs is 7. The van der Waals surface area contributed by atoms with Crippen LogP contribution in [0.25, 0.3) is 0 Å². The summed E-state index contributed by atoms with van der Waals surface area (Å²) in [6.07, 6.45) is 12.7. The van der Waals surface area contributed by atoms with Gasteiger partial charge in [0, 0.05) is 17.3 Å². The Morgan fingerprint density at radius 2 is 1.59 bits per heavy atom. The summed E-state index contributed by atoms with van der Waals surface area (Å²) in [5.41, 5.74) is 1.87. The molecule has 5 aliphatic rings. The Kier molecular flexibility index (Phi) is 4.87. The van der Waals surface area contributed by atoms with Gasteiger partial charge in [-0.3, -0.25) is 4.79 Å². The van der Waals surface area contributed by atoms with E-state index in [0.29, 0.717) is 40.8 Å². The van der Waals surface area contributed by atoms with Gasteiger partial charge in [-0.1, -0.05) is 46.8 Å². The van der Waals surface area contributed by atoms with Gasteiger partial charge in [-0.2, -0.15) is 0 Å². The Bertz CT molecular complexity index is 855. The summed E-state index contributed by atoms with van der Waals surface area (Å²) in [7, 11) is 0. The third-order valence-corrected chi connectivity index (χ3v) is 13.1. The van der Waals surface area contributed by atoms with E-state index < -0.39 is 0 Å². The lowest BCUT2D eigenvalue weighted by atomic mass is 9.32. The van der Waals surface area contributed by atoms with Gasteiger partial charge in [0.15, 0.2) is 0 Å². The van der Waals surface area contributed by atoms with Gasteiger partial charge >= 0.3 is 0 Å². The molecule has 32 heavy (non-hydrogen) atoms. The van der Waals surface area contributed by atoms with Crippen molar-refractivity contribution in [3.05, 3.63) is 12.2 Å². The lowest BCUT2D eigenvalue weighted by Crippen LogP contribution is -2.66. The predicted molar refractivity (Wildman–Crippen MR) is 130 cm³/mol. The Labute approximate surface area is 196 Å². The molecule has 0 spiro atoms. The molecule has 2 nitrogen and oxygen atoms in total. The summed E-state index contributed by atoms with van der Waals surface area (Å²) < 4.78 is 0. The van der Waals surface area contributed by atoms with Crippen LogP contribution in [-0.4, -0.2) is 12.1 Å². The second-order valence-electron chi connectivity index (χ2n) is 14.2. The molecule has 0 aromatic carbocycles. The maximum absolute atomic E-state index is 12.9. The minimum Gasteiger partial charge on any atom is -0.303 e. The molecule has 5 fully saturated rings. The van der Waals surface area contributed by atoms with Gasteiger partial charge in [0.05, 0.1) is 0 Å². The molecule has 0 aromatic rings. The largest absolute Gasteiger partial charge is 0.303 e. The third-order valence-electron chi connectivity index (χ3n) is 13.1. The molecule has 0 aromatic heterocycles. The van der Waals surface area contributed by atoms with E-state index in [4.69, 9.17) is 0 Å². The number of carbonyl (C=O) groups excluding carboxylic acids is 2. The van der Waals surface area contributed by atoms with Gasteiger partial charge in [-0.05, 0) is 111 Å². The van der Waals surface area contributed by atoms with Crippen molar-refractivity contribution in [1.29, 1.82) is 0 Å². The first kappa shape index (κ1) is 22.9. The zero-order valence-electron chi connectivity index (χ0n) is 21.6. The lowest BCUT2D eigenvalue weighted by molar-refractivity contribution is -0.231. The molecular formula is C30H46O2. The highest BCUT2D eigenvalue weighted by Crippen LogP contribution is 2.77. The fourth-order valence-corrected chi connectivity index (χ4v) is 11.2. The number of hydrogen-bond donors (Lipinski definition) is 0. The summed E-state index contributed by atoms with van der Waals surface area (Å²) in [6.45, 7) is 18.9. The average Bonchev–Trinajstić information content (AvgIpc) is 3.12. The summed E-state index contributed by atoms with van der Waals surface area (Å²) in [4.78, 5) is 25.4. The van der Waals surface area contributed by atoms with Crippen LogP contribution in [0.1, 0.15) is 106 Å². The van der Waals surface area contributed by atoms with E-state index in [1.165, 1.54) is 44.0 Å². The topological polar surface area (TPSA) is 34.1 Å². The molecule has 0 radical (unpaired) electrons. The molecule has 0 saturated heterocycles. The van der Waals surface area contributed by atoms with E-state index >= 15 is 0 Å². The highest BCUT2D eigenvalue weighted by atomic mass is 16.1. The molecule has 0 N–H and O–H groups in total. The highest BCUT2D eigenvalue weighted by Gasteiger charge is 2.70. The molecule has 5 saturated carbocycles. The van der Waals surface area contributed by atoms with Crippen LogP contribution >= 0.6 is 0 Å². The number of aldehydes is 1. The predicted octanol–water partition coefficient (Wildman–Crippen LogP) is 7.41. The first-order valence-corrected chi connectivity index (χ1v) is 13.5. The van der Waals surface area contributed by atoms with Crippen LogP contribution in [0.4, 0.5) is 0 Å². The van der Waals surface area contributed by atoms with Crippen LogP contribution in [0, 0.1) is 56.7 Å². The van der Waals surface area contributed by atoms with Crippen LogP contribution in [0.15, 0.2) is 12.2 Å². The summed E-state index contributed by atoms with van der Waals surface area (Å²) >= 11 is 0. The number of hydrogen-bond acceptors (Lipinski definition) is 2. The van der Waals surface area contributed by atoms with Crippen molar-refractivity contribution in [2.24, 2.45) is 56.7 Å². The Morgan fingerprint density at radius 1 is 0.875 bits per heavy atom. The normalized spacial score (nSPS) is 54.1. The van der Waals surface area contributed by atoms with Crippen LogP contribution in [0.2, 0.25) is 0 Å². The Balaban J connectivity index is 1.56. The van der Waals surface area contributed by atoms with Crippen LogP contribution < -0.4 is 0 Å². The Hall–Kier alpha value is -0.920. The van der Waals surface area contributed by atoms with Crippen LogP contribution in [-0.2, 0) is 9.59 Å². The van der Waals surface area contributed by atoms with Crippen molar-refractivity contribution >= 4 is 12.1 Å². The van der Waals surface area contributed by atoms with Crippen molar-refractivity contribution in [3.8, 4) is 0 Å². The van der Waals surface area contributed by atoms with Gasteiger partial charge in [-0.15, -0.1) is 0 Å². The monoisotopic (exact) mass is 438 g/mol. The van der Waals surface area contributed by atoms with Crippen LogP contribution in [0.5, 0.6) is 0 Å². The maximum atomic E-state index is 12.9. The number of carbonyl (C=O) groups is 2. The average molecular weight is 439 g/mol. The molecule has 178 valence electrons. The van der Waals surface area contributed by atoms with Crippen molar-refractivity contribution < 1.29 is 9.59 Å². The van der Waals surface area contributed by atoms with E-state index in [-0.39, 0.29) is 21.7 Å². The zero-order chi connectivity index (χ0) is 23.3. The number of ketones is 1. The molecule has 5 rings (SSSR count). The van der Waals surface area contributed by atoms with Crippen molar-refractivity contribution in [3.63, 3.8) is 0 Å². The Morgan fingerprint density at radius 3 is 2.25 bits per heavy atom. The molecule has 2 heteroatoms. The minimum atomic E-state index is -0.179. The number of Topliss-reactive ketones (excluding diaryl/α,β-unsaturated/α-hetero) is 1. The van der Waals surface area contributed by atoms with Crippen LogP contribution in [0.3, 0.4) is 0 Å². The summed E-state index contributed by atoms with van der Waals surface area (Å²) in [5.74, 6) is 3.34. The fourth-order valence-electron chi connectivity index (χ4n) is 11.2. The van der Waals surface area contributed by atoms with Gasteiger partial charge in [0.1, 0.15) is 12.1 Å². The van der Waals surface area contributed by atoms with Gasteiger partial charge in [0.25, 0.3) is 0 Å². The van der Waals surface area contributed by atoms with Crippen molar-refractivity contribution in [1.82, 2.24) is 0 Å². The van der Waals surface area contributed by atoms with Gasteiger partial charge in [0.2, 0.25) is 0 Å². The molecule has 0 unspecified atom stereocenters. The molecule has 0 aliphatic heterocycles. The standard InChI is InChI=1S/C30H46O2/c1-19(2)20-10-15-30(18-31)17-16-28(6)21(25(20)30)8-9-23-27(5)13-12-24(32)26(3,4)22(27)11-14-29(23,28)7/h18,20-23,25H,1,8-17H2,2-7H3/t20-,21+,22+,23+,25-,27-,28+,29+,30+/m0/s1. The van der Waals surface area contributed by atoms with Gasteiger partial charge in [-0.25, -0.2) is 0 Å². The third kappa shape index (κ3) is 2.54. The molecule has 9 atom stereocenters. The highest BCUT2D eigenvalue weighted by molar-refractivity contribution is 5.85. The maximum Gasteiger partial charge on any atom is 0.138 e. The first-order valence-electron chi connectivity index (χ1n) is 13.5. The first-order chi connectivity index (χ1) is 14.9. The second kappa shape index (κ2) is 6.82. The molecule has 0 heterocycles. The van der Waals surface area contributed by atoms with Crippen molar-refractivity contribution in [2.45, 2.75) is 106 Å². The van der Waals surface area contributed by atoms with E-state index in [9.17, 15) is 9.59 Å². The zero-order valence-corrected chi connectivity index (χ0v) is 21.6. The summed E-state index contributed by atoms with van der Waals surface area (Å²) in [6, 6.07) is 0. The molecule has 0 bridgehead atoms. The van der Waals surface area contributed by atoms with E-state index in [1.54, 1.807) is 0 Å².